The highest BCUT2D eigenvalue weighted by Gasteiger charge is 2.18. The second-order valence-corrected chi connectivity index (χ2v) is 6.77. The van der Waals surface area contributed by atoms with Crippen molar-refractivity contribution in [3.8, 4) is 11.5 Å². The molecule has 1 aromatic heterocycles. The Bertz CT molecular complexity index is 956. The zero-order chi connectivity index (χ0) is 21.3. The van der Waals surface area contributed by atoms with Gasteiger partial charge in [-0.1, -0.05) is 42.5 Å². The Morgan fingerprint density at radius 1 is 1.03 bits per heavy atom. The molecule has 0 aliphatic rings. The monoisotopic (exact) mass is 409 g/mol. The summed E-state index contributed by atoms with van der Waals surface area (Å²) in [7, 11) is 3.26. The molecule has 3 aromatic rings. The van der Waals surface area contributed by atoms with Crippen molar-refractivity contribution in [2.24, 2.45) is 0 Å². The quantitative estimate of drug-likeness (QED) is 0.551. The smallest absolute Gasteiger partial charge is 0.273 e. The van der Waals surface area contributed by atoms with Gasteiger partial charge in [-0.2, -0.15) is 0 Å². The van der Waals surface area contributed by atoms with Gasteiger partial charge in [0.15, 0.2) is 17.2 Å². The van der Waals surface area contributed by atoms with Crippen LogP contribution in [0.15, 0.2) is 59.2 Å². The predicted molar refractivity (Wildman–Crippen MR) is 113 cm³/mol. The summed E-state index contributed by atoms with van der Waals surface area (Å²) in [4.78, 5) is 18.5. The fourth-order valence-electron chi connectivity index (χ4n) is 3.26. The lowest BCUT2D eigenvalue weighted by Gasteiger charge is -2.23. The summed E-state index contributed by atoms with van der Waals surface area (Å²) < 4.78 is 16.6. The van der Waals surface area contributed by atoms with Crippen LogP contribution in [0.1, 0.15) is 34.4 Å². The van der Waals surface area contributed by atoms with Crippen molar-refractivity contribution in [1.82, 2.24) is 15.2 Å². The lowest BCUT2D eigenvalue weighted by molar-refractivity contribution is 0.0950. The molecule has 30 heavy (non-hydrogen) atoms. The minimum atomic E-state index is -0.239. The van der Waals surface area contributed by atoms with Crippen molar-refractivity contribution in [3.63, 3.8) is 0 Å². The van der Waals surface area contributed by atoms with E-state index in [1.807, 2.05) is 43.3 Å². The minimum Gasteiger partial charge on any atom is -0.493 e. The van der Waals surface area contributed by atoms with Crippen LogP contribution in [-0.4, -0.2) is 36.6 Å². The Hall–Kier alpha value is -3.32. The van der Waals surface area contributed by atoms with E-state index < -0.39 is 0 Å². The summed E-state index contributed by atoms with van der Waals surface area (Å²) in [5, 5.41) is 2.73. The molecule has 0 spiro atoms. The molecular weight excluding hydrogens is 382 g/mol. The molecule has 1 amide bonds. The standard InChI is InChI=1S/C23H27N3O4/c1-4-24-23(27)19-16-30-21(25-19)15-26(13-17-9-6-5-7-10-17)14-18-11-8-12-20(28-2)22(18)29-3/h5-12,16H,4,13-15H2,1-3H3,(H,24,27). The van der Waals surface area contributed by atoms with Crippen LogP contribution < -0.4 is 14.8 Å². The number of ether oxygens (including phenoxy) is 2. The number of amides is 1. The zero-order valence-corrected chi connectivity index (χ0v) is 17.6. The number of benzene rings is 2. The summed E-state index contributed by atoms with van der Waals surface area (Å²) in [5.41, 5.74) is 2.43. The van der Waals surface area contributed by atoms with E-state index in [4.69, 9.17) is 13.9 Å². The van der Waals surface area contributed by atoms with E-state index in [1.54, 1.807) is 14.2 Å². The zero-order valence-electron chi connectivity index (χ0n) is 17.6. The third-order valence-corrected chi connectivity index (χ3v) is 4.61. The maximum absolute atomic E-state index is 12.0. The Kier molecular flexibility index (Phi) is 7.45. The van der Waals surface area contributed by atoms with E-state index in [2.05, 4.69) is 27.3 Å². The number of carbonyl (C=O) groups is 1. The predicted octanol–water partition coefficient (Wildman–Crippen LogP) is 3.64. The highest BCUT2D eigenvalue weighted by atomic mass is 16.5. The molecule has 3 rings (SSSR count). The van der Waals surface area contributed by atoms with Crippen LogP contribution in [0.2, 0.25) is 0 Å². The number of carbonyl (C=O) groups excluding carboxylic acids is 1. The summed E-state index contributed by atoms with van der Waals surface area (Å²) in [5.74, 6) is 1.63. The van der Waals surface area contributed by atoms with Gasteiger partial charge in [0.1, 0.15) is 6.26 Å². The molecule has 0 atom stereocenters. The van der Waals surface area contributed by atoms with Gasteiger partial charge in [-0.25, -0.2) is 4.98 Å². The van der Waals surface area contributed by atoms with Crippen molar-refractivity contribution in [1.29, 1.82) is 0 Å². The lowest BCUT2D eigenvalue weighted by atomic mass is 10.1. The number of oxazole rings is 1. The summed E-state index contributed by atoms with van der Waals surface area (Å²) >= 11 is 0. The first-order valence-electron chi connectivity index (χ1n) is 9.83. The van der Waals surface area contributed by atoms with Gasteiger partial charge in [-0.05, 0) is 18.6 Å². The molecule has 158 valence electrons. The van der Waals surface area contributed by atoms with E-state index >= 15 is 0 Å². The van der Waals surface area contributed by atoms with E-state index in [0.29, 0.717) is 43.6 Å². The Balaban J connectivity index is 1.84. The molecule has 0 radical (unpaired) electrons. The van der Waals surface area contributed by atoms with Crippen LogP contribution in [-0.2, 0) is 19.6 Å². The molecule has 0 fully saturated rings. The second kappa shape index (κ2) is 10.5. The number of hydrogen-bond donors (Lipinski definition) is 1. The van der Waals surface area contributed by atoms with Gasteiger partial charge in [0.2, 0.25) is 5.89 Å². The van der Waals surface area contributed by atoms with E-state index in [1.165, 1.54) is 6.26 Å². The highest BCUT2D eigenvalue weighted by Crippen LogP contribution is 2.32. The van der Waals surface area contributed by atoms with Crippen LogP contribution in [0.3, 0.4) is 0 Å². The van der Waals surface area contributed by atoms with Crippen LogP contribution in [0.5, 0.6) is 11.5 Å². The van der Waals surface area contributed by atoms with Gasteiger partial charge >= 0.3 is 0 Å². The first-order valence-corrected chi connectivity index (χ1v) is 9.83. The fraction of sp³-hybridized carbons (Fsp3) is 0.304. The summed E-state index contributed by atoms with van der Waals surface area (Å²) in [6.07, 6.45) is 1.40. The first kappa shape index (κ1) is 21.4. The van der Waals surface area contributed by atoms with Crippen LogP contribution in [0, 0.1) is 0 Å². The molecule has 7 nitrogen and oxygen atoms in total. The molecule has 0 bridgehead atoms. The van der Waals surface area contributed by atoms with Crippen molar-refractivity contribution in [2.75, 3.05) is 20.8 Å². The number of methoxy groups -OCH3 is 2. The van der Waals surface area contributed by atoms with E-state index in [9.17, 15) is 4.79 Å². The molecule has 0 unspecified atom stereocenters. The number of aromatic nitrogens is 1. The van der Waals surface area contributed by atoms with Gasteiger partial charge in [0, 0.05) is 25.2 Å². The van der Waals surface area contributed by atoms with Gasteiger partial charge in [0.25, 0.3) is 5.91 Å². The van der Waals surface area contributed by atoms with Crippen molar-refractivity contribution < 1.29 is 18.7 Å². The molecule has 2 aromatic carbocycles. The Morgan fingerprint density at radius 3 is 2.53 bits per heavy atom. The average Bonchev–Trinajstić information content (AvgIpc) is 3.23. The van der Waals surface area contributed by atoms with Crippen molar-refractivity contribution >= 4 is 5.91 Å². The largest absolute Gasteiger partial charge is 0.493 e. The summed E-state index contributed by atoms with van der Waals surface area (Å²) in [6.45, 7) is 4.11. The maximum Gasteiger partial charge on any atom is 0.273 e. The fourth-order valence-corrected chi connectivity index (χ4v) is 3.26. The van der Waals surface area contributed by atoms with Crippen molar-refractivity contribution in [2.45, 2.75) is 26.6 Å². The SMILES string of the molecule is CCNC(=O)c1coc(CN(Cc2ccccc2)Cc2cccc(OC)c2OC)n1. The third kappa shape index (κ3) is 5.39. The number of hydrogen-bond acceptors (Lipinski definition) is 6. The molecule has 0 aliphatic carbocycles. The van der Waals surface area contributed by atoms with Gasteiger partial charge in [0.05, 0.1) is 20.8 Å². The van der Waals surface area contributed by atoms with Crippen LogP contribution >= 0.6 is 0 Å². The molecule has 0 saturated carbocycles. The van der Waals surface area contributed by atoms with Gasteiger partial charge < -0.3 is 19.2 Å². The Labute approximate surface area is 176 Å². The number of rotatable bonds is 10. The number of nitrogens with zero attached hydrogens (tertiary/aromatic N) is 2. The molecule has 7 heteroatoms. The van der Waals surface area contributed by atoms with Crippen LogP contribution in [0.25, 0.3) is 0 Å². The Morgan fingerprint density at radius 2 is 1.83 bits per heavy atom. The third-order valence-electron chi connectivity index (χ3n) is 4.61. The second-order valence-electron chi connectivity index (χ2n) is 6.77. The lowest BCUT2D eigenvalue weighted by Crippen LogP contribution is -2.24. The molecule has 1 N–H and O–H groups in total. The number of para-hydroxylation sites is 1. The minimum absolute atomic E-state index is 0.239. The highest BCUT2D eigenvalue weighted by molar-refractivity contribution is 5.91. The van der Waals surface area contributed by atoms with Gasteiger partial charge in [-0.15, -0.1) is 0 Å². The van der Waals surface area contributed by atoms with Crippen LogP contribution in [0.4, 0.5) is 0 Å². The van der Waals surface area contributed by atoms with E-state index in [0.717, 1.165) is 11.1 Å². The topological polar surface area (TPSA) is 76.8 Å². The average molecular weight is 409 g/mol. The first-order chi connectivity index (χ1) is 14.6. The molecular formula is C23H27N3O4. The molecule has 0 aliphatic heterocycles. The van der Waals surface area contributed by atoms with Crippen molar-refractivity contribution in [3.05, 3.63) is 77.5 Å². The number of nitrogens with one attached hydrogen (secondary N) is 1. The molecule has 1 heterocycles. The summed E-state index contributed by atoms with van der Waals surface area (Å²) in [6, 6.07) is 16.0. The normalized spacial score (nSPS) is 10.8. The van der Waals surface area contributed by atoms with Gasteiger partial charge in [-0.3, -0.25) is 9.69 Å². The maximum atomic E-state index is 12.0. The van der Waals surface area contributed by atoms with E-state index in [-0.39, 0.29) is 11.6 Å². The molecule has 0 saturated heterocycles.